The number of carbonyl (C=O) groups excluding carboxylic acids is 2. The minimum atomic E-state index is -0.527. The summed E-state index contributed by atoms with van der Waals surface area (Å²) < 4.78 is 1.38. The van der Waals surface area contributed by atoms with Crippen molar-refractivity contribution in [3.8, 4) is 0 Å². The first-order chi connectivity index (χ1) is 14.7. The Morgan fingerprint density at radius 2 is 2.00 bits per heavy atom. The third-order valence-corrected chi connectivity index (χ3v) is 9.53. The lowest BCUT2D eigenvalue weighted by molar-refractivity contribution is -0.396. The van der Waals surface area contributed by atoms with Crippen LogP contribution in [0.5, 0.6) is 0 Å². The SMILES string of the molecule is CC12CCC(=O)C=C1CCC1C2CCC2(C)C(C(=O)Cn3ccnc3[N+](=O)[O-])CCC12. The highest BCUT2D eigenvalue weighted by Crippen LogP contribution is 2.66. The van der Waals surface area contributed by atoms with E-state index in [1.54, 1.807) is 0 Å². The lowest BCUT2D eigenvalue weighted by Crippen LogP contribution is -2.51. The molecule has 0 radical (unpaired) electrons. The van der Waals surface area contributed by atoms with Crippen molar-refractivity contribution < 1.29 is 14.5 Å². The standard InChI is InChI=1S/C24H31N3O4/c1-23-9-7-16(28)13-15(23)3-4-17-18-5-6-20(24(18,2)10-8-19(17)23)21(29)14-26-12-11-25-22(26)27(30)31/h11-13,17-20H,3-10,14H2,1-2H3. The quantitative estimate of drug-likeness (QED) is 0.522. The number of allylic oxidation sites excluding steroid dienone is 1. The first kappa shape index (κ1) is 20.6. The Bertz CT molecular complexity index is 981. The van der Waals surface area contributed by atoms with Gasteiger partial charge in [-0.25, -0.2) is 4.57 Å². The van der Waals surface area contributed by atoms with Gasteiger partial charge < -0.3 is 10.1 Å². The zero-order valence-electron chi connectivity index (χ0n) is 18.4. The number of fused-ring (bicyclic) bond motifs is 5. The normalized spacial score (nSPS) is 39.3. The number of carbonyl (C=O) groups is 2. The molecule has 4 aliphatic carbocycles. The second-order valence-corrected chi connectivity index (χ2v) is 10.7. The molecule has 0 bridgehead atoms. The van der Waals surface area contributed by atoms with Gasteiger partial charge in [0.05, 0.1) is 0 Å². The number of hydrogen-bond acceptors (Lipinski definition) is 5. The molecule has 0 spiro atoms. The van der Waals surface area contributed by atoms with Crippen LogP contribution >= 0.6 is 0 Å². The molecule has 3 fully saturated rings. The van der Waals surface area contributed by atoms with Gasteiger partial charge in [0.1, 0.15) is 18.9 Å². The number of hydrogen-bond donors (Lipinski definition) is 0. The van der Waals surface area contributed by atoms with Crippen molar-refractivity contribution in [2.24, 2.45) is 34.5 Å². The topological polar surface area (TPSA) is 95.1 Å². The van der Waals surface area contributed by atoms with Crippen molar-refractivity contribution >= 4 is 17.5 Å². The van der Waals surface area contributed by atoms with Crippen molar-refractivity contribution in [2.75, 3.05) is 0 Å². The fraction of sp³-hybridized carbons (Fsp3) is 0.708. The van der Waals surface area contributed by atoms with E-state index in [4.69, 9.17) is 0 Å². The van der Waals surface area contributed by atoms with Gasteiger partial charge in [-0.1, -0.05) is 24.4 Å². The molecular formula is C24H31N3O4. The molecule has 6 atom stereocenters. The minimum Gasteiger partial charge on any atom is -0.390 e. The molecule has 0 N–H and O–H groups in total. The number of aromatic nitrogens is 2. The maximum absolute atomic E-state index is 13.3. The zero-order valence-corrected chi connectivity index (χ0v) is 18.4. The van der Waals surface area contributed by atoms with Crippen LogP contribution in [0.2, 0.25) is 0 Å². The Kier molecular flexibility index (Phi) is 4.72. The van der Waals surface area contributed by atoms with Crippen LogP contribution < -0.4 is 0 Å². The van der Waals surface area contributed by atoms with E-state index in [1.807, 2.05) is 6.08 Å². The maximum atomic E-state index is 13.3. The molecule has 0 aliphatic heterocycles. The van der Waals surface area contributed by atoms with Gasteiger partial charge in [0.25, 0.3) is 0 Å². The molecule has 3 saturated carbocycles. The molecule has 1 aromatic rings. The van der Waals surface area contributed by atoms with E-state index in [-0.39, 0.29) is 40.8 Å². The maximum Gasteiger partial charge on any atom is 0.434 e. The van der Waals surface area contributed by atoms with Gasteiger partial charge in [-0.3, -0.25) is 9.59 Å². The van der Waals surface area contributed by atoms with Crippen molar-refractivity contribution in [1.29, 1.82) is 0 Å². The summed E-state index contributed by atoms with van der Waals surface area (Å²) in [5.41, 5.74) is 1.47. The Hall–Kier alpha value is -2.31. The summed E-state index contributed by atoms with van der Waals surface area (Å²) >= 11 is 0. The molecule has 1 heterocycles. The van der Waals surface area contributed by atoms with E-state index in [9.17, 15) is 19.7 Å². The monoisotopic (exact) mass is 425 g/mol. The van der Waals surface area contributed by atoms with Crippen molar-refractivity contribution in [1.82, 2.24) is 9.55 Å². The summed E-state index contributed by atoms with van der Waals surface area (Å²) in [6, 6.07) is 0. The van der Waals surface area contributed by atoms with Gasteiger partial charge >= 0.3 is 5.95 Å². The fourth-order valence-corrected chi connectivity index (χ4v) is 7.96. The molecule has 0 saturated heterocycles. The van der Waals surface area contributed by atoms with Gasteiger partial charge in [-0.05, 0) is 84.5 Å². The average Bonchev–Trinajstić information content (AvgIpc) is 3.32. The zero-order chi connectivity index (χ0) is 22.0. The van der Waals surface area contributed by atoms with Crippen LogP contribution in [-0.2, 0) is 16.1 Å². The summed E-state index contributed by atoms with van der Waals surface area (Å²) in [5.74, 6) is 1.81. The van der Waals surface area contributed by atoms with Crippen LogP contribution in [0.3, 0.4) is 0 Å². The first-order valence-electron chi connectivity index (χ1n) is 11.7. The molecule has 1 aromatic heterocycles. The van der Waals surface area contributed by atoms with Crippen LogP contribution in [0.25, 0.3) is 0 Å². The first-order valence-corrected chi connectivity index (χ1v) is 11.7. The smallest absolute Gasteiger partial charge is 0.390 e. The Morgan fingerprint density at radius 3 is 2.77 bits per heavy atom. The molecule has 7 nitrogen and oxygen atoms in total. The van der Waals surface area contributed by atoms with Crippen molar-refractivity contribution in [2.45, 2.75) is 71.8 Å². The van der Waals surface area contributed by atoms with Crippen LogP contribution in [0, 0.1) is 44.6 Å². The van der Waals surface area contributed by atoms with E-state index in [2.05, 4.69) is 18.8 Å². The van der Waals surface area contributed by atoms with Gasteiger partial charge in [-0.15, -0.1) is 0 Å². The average molecular weight is 426 g/mol. The van der Waals surface area contributed by atoms with E-state index in [0.717, 1.165) is 44.9 Å². The summed E-state index contributed by atoms with van der Waals surface area (Å²) in [4.78, 5) is 39.8. The minimum absolute atomic E-state index is 0.0318. The van der Waals surface area contributed by atoms with Crippen LogP contribution in [0.15, 0.2) is 24.0 Å². The predicted octanol–water partition coefficient (Wildman–Crippen LogP) is 4.51. The molecule has 31 heavy (non-hydrogen) atoms. The lowest BCUT2D eigenvalue weighted by atomic mass is 9.46. The van der Waals surface area contributed by atoms with Crippen LogP contribution in [-0.4, -0.2) is 26.0 Å². The number of imidazole rings is 1. The number of nitro groups is 1. The molecule has 0 amide bonds. The second-order valence-electron chi connectivity index (χ2n) is 10.7. The van der Waals surface area contributed by atoms with E-state index in [0.29, 0.717) is 24.2 Å². The van der Waals surface area contributed by atoms with Gasteiger partial charge in [0.2, 0.25) is 0 Å². The second kappa shape index (κ2) is 7.10. The molecule has 5 rings (SSSR count). The van der Waals surface area contributed by atoms with Crippen LogP contribution in [0.1, 0.15) is 65.2 Å². The third kappa shape index (κ3) is 3.03. The number of ketones is 2. The highest BCUT2D eigenvalue weighted by Gasteiger charge is 2.60. The fourth-order valence-electron chi connectivity index (χ4n) is 7.96. The highest BCUT2D eigenvalue weighted by molar-refractivity contribution is 5.91. The van der Waals surface area contributed by atoms with Crippen molar-refractivity contribution in [3.05, 3.63) is 34.2 Å². The summed E-state index contributed by atoms with van der Waals surface area (Å²) in [6.45, 7) is 4.70. The summed E-state index contributed by atoms with van der Waals surface area (Å²) in [5, 5.41) is 11.2. The molecule has 7 heteroatoms. The number of Topliss-reactive ketones (excluding diaryl/α,β-unsaturated/α-hetero) is 1. The summed E-state index contributed by atoms with van der Waals surface area (Å²) in [7, 11) is 0. The van der Waals surface area contributed by atoms with Crippen LogP contribution in [0.4, 0.5) is 5.95 Å². The molecule has 166 valence electrons. The third-order valence-electron chi connectivity index (χ3n) is 9.53. The molecule has 0 aromatic carbocycles. The Morgan fingerprint density at radius 1 is 1.19 bits per heavy atom. The predicted molar refractivity (Wildman–Crippen MR) is 114 cm³/mol. The summed E-state index contributed by atoms with van der Waals surface area (Å²) in [6.07, 6.45) is 12.7. The lowest BCUT2D eigenvalue weighted by Gasteiger charge is -2.58. The largest absolute Gasteiger partial charge is 0.434 e. The molecule has 6 unspecified atom stereocenters. The van der Waals surface area contributed by atoms with Gasteiger partial charge in [0.15, 0.2) is 11.6 Å². The number of nitrogens with zero attached hydrogens (tertiary/aromatic N) is 3. The van der Waals surface area contributed by atoms with Gasteiger partial charge in [0, 0.05) is 12.3 Å². The van der Waals surface area contributed by atoms with Crippen molar-refractivity contribution in [3.63, 3.8) is 0 Å². The van der Waals surface area contributed by atoms with E-state index >= 15 is 0 Å². The van der Waals surface area contributed by atoms with Gasteiger partial charge in [-0.2, -0.15) is 0 Å². The Labute approximate surface area is 182 Å². The molecular weight excluding hydrogens is 394 g/mol. The van der Waals surface area contributed by atoms with E-state index < -0.39 is 4.92 Å². The highest BCUT2D eigenvalue weighted by atomic mass is 16.6. The number of rotatable bonds is 4. The van der Waals surface area contributed by atoms with E-state index in [1.165, 1.54) is 22.5 Å². The Balaban J connectivity index is 1.37. The molecule has 4 aliphatic rings.